The van der Waals surface area contributed by atoms with E-state index in [0.717, 1.165) is 55.2 Å². The van der Waals surface area contributed by atoms with Gasteiger partial charge in [-0.25, -0.2) is 0 Å². The highest BCUT2D eigenvalue weighted by atomic mass is 16.5. The second-order valence-corrected chi connectivity index (χ2v) is 8.84. The van der Waals surface area contributed by atoms with Crippen LogP contribution in [-0.2, 0) is 21.5 Å². The van der Waals surface area contributed by atoms with Crippen molar-refractivity contribution < 1.29 is 19.0 Å². The van der Waals surface area contributed by atoms with Gasteiger partial charge in [-0.3, -0.25) is 9.69 Å². The number of aromatic nitrogens is 1. The summed E-state index contributed by atoms with van der Waals surface area (Å²) in [5.41, 5.74) is 3.16. The fourth-order valence-corrected chi connectivity index (χ4v) is 5.44. The second-order valence-electron chi connectivity index (χ2n) is 8.84. The molecule has 1 amide bonds. The molecule has 0 radical (unpaired) electrons. The number of amides is 1. The van der Waals surface area contributed by atoms with Gasteiger partial charge in [-0.05, 0) is 48.7 Å². The summed E-state index contributed by atoms with van der Waals surface area (Å²) in [7, 11) is 3.27. The number of rotatable bonds is 7. The van der Waals surface area contributed by atoms with Crippen LogP contribution in [0.1, 0.15) is 17.7 Å². The van der Waals surface area contributed by atoms with Gasteiger partial charge in [0.25, 0.3) is 0 Å². The Kier molecular flexibility index (Phi) is 6.00. The third-order valence-corrected chi connectivity index (χ3v) is 7.00. The first-order valence-electron chi connectivity index (χ1n) is 11.5. The average Bonchev–Trinajstić information content (AvgIpc) is 3.42. The van der Waals surface area contributed by atoms with Crippen molar-refractivity contribution in [2.45, 2.75) is 18.4 Å². The third-order valence-electron chi connectivity index (χ3n) is 7.00. The first-order chi connectivity index (χ1) is 16.1. The van der Waals surface area contributed by atoms with Gasteiger partial charge in [0, 0.05) is 49.9 Å². The number of hydrogen-bond donors (Lipinski definition) is 1. The van der Waals surface area contributed by atoms with E-state index < -0.39 is 0 Å². The van der Waals surface area contributed by atoms with E-state index in [-0.39, 0.29) is 18.1 Å². The predicted octanol–water partition coefficient (Wildman–Crippen LogP) is 3.19. The summed E-state index contributed by atoms with van der Waals surface area (Å²) >= 11 is 0. The molecule has 33 heavy (non-hydrogen) atoms. The molecule has 1 unspecified atom stereocenters. The zero-order valence-electron chi connectivity index (χ0n) is 19.3. The van der Waals surface area contributed by atoms with Gasteiger partial charge in [0.2, 0.25) is 5.91 Å². The van der Waals surface area contributed by atoms with Crippen molar-refractivity contribution in [3.8, 4) is 11.5 Å². The van der Waals surface area contributed by atoms with Crippen molar-refractivity contribution in [2.24, 2.45) is 0 Å². The maximum absolute atomic E-state index is 13.1. The molecule has 0 saturated carbocycles. The number of aromatic amines is 1. The van der Waals surface area contributed by atoms with Crippen LogP contribution in [0, 0.1) is 0 Å². The number of nitrogens with zero attached hydrogens (tertiary/aromatic N) is 2. The number of para-hydroxylation sites is 1. The predicted molar refractivity (Wildman–Crippen MR) is 127 cm³/mol. The standard InChI is InChI=1S/C26H31N3O4/c1-31-17-24(30)29-12-10-21-22-16-20(32-2)8-9-23(22)27-25(21)26(29)11-13-28(18-26)14-15-33-19-6-4-3-5-7-19/h3-9,16,27H,10-15,17-18H2,1-2H3. The van der Waals surface area contributed by atoms with Crippen molar-refractivity contribution >= 4 is 16.8 Å². The van der Waals surface area contributed by atoms with Gasteiger partial charge in [0.05, 0.1) is 12.6 Å². The molecular weight excluding hydrogens is 418 g/mol. The van der Waals surface area contributed by atoms with Crippen molar-refractivity contribution in [3.63, 3.8) is 0 Å². The molecule has 7 heteroatoms. The van der Waals surface area contributed by atoms with Crippen LogP contribution in [0.3, 0.4) is 0 Å². The molecule has 1 atom stereocenters. The van der Waals surface area contributed by atoms with E-state index in [1.54, 1.807) is 14.2 Å². The molecule has 174 valence electrons. The van der Waals surface area contributed by atoms with Crippen molar-refractivity contribution in [1.29, 1.82) is 0 Å². The smallest absolute Gasteiger partial charge is 0.249 e. The number of carbonyl (C=O) groups excluding carboxylic acids is 1. The van der Waals surface area contributed by atoms with Crippen LogP contribution < -0.4 is 9.47 Å². The summed E-state index contributed by atoms with van der Waals surface area (Å²) < 4.78 is 16.6. The molecule has 7 nitrogen and oxygen atoms in total. The van der Waals surface area contributed by atoms with Crippen molar-refractivity contribution in [3.05, 3.63) is 59.8 Å². The number of methoxy groups -OCH3 is 2. The Bertz CT molecular complexity index is 1130. The van der Waals surface area contributed by atoms with Crippen LogP contribution in [0.5, 0.6) is 11.5 Å². The summed E-state index contributed by atoms with van der Waals surface area (Å²) in [6.07, 6.45) is 1.70. The lowest BCUT2D eigenvalue weighted by Crippen LogP contribution is -2.56. The lowest BCUT2D eigenvalue weighted by molar-refractivity contribution is -0.142. The zero-order valence-corrected chi connectivity index (χ0v) is 19.3. The Balaban J connectivity index is 1.43. The molecular formula is C26H31N3O4. The summed E-state index contributed by atoms with van der Waals surface area (Å²) in [5.74, 6) is 1.77. The van der Waals surface area contributed by atoms with Gasteiger partial charge in [0.15, 0.2) is 0 Å². The molecule has 1 fully saturated rings. The Morgan fingerprint density at radius 3 is 2.73 bits per heavy atom. The molecule has 0 bridgehead atoms. The number of benzene rings is 2. The molecule has 2 aliphatic rings. The minimum absolute atomic E-state index is 0.0433. The molecule has 1 aromatic heterocycles. The molecule has 5 rings (SSSR count). The normalized spacial score (nSPS) is 20.4. The number of carbonyl (C=O) groups is 1. The van der Waals surface area contributed by atoms with Gasteiger partial charge in [-0.2, -0.15) is 0 Å². The highest BCUT2D eigenvalue weighted by molar-refractivity contribution is 5.88. The first kappa shape index (κ1) is 21.8. The number of H-pyrrole nitrogens is 1. The molecule has 2 aliphatic heterocycles. The minimum Gasteiger partial charge on any atom is -0.497 e. The van der Waals surface area contributed by atoms with Crippen molar-refractivity contribution in [1.82, 2.24) is 14.8 Å². The van der Waals surface area contributed by atoms with E-state index in [9.17, 15) is 4.79 Å². The van der Waals surface area contributed by atoms with Gasteiger partial charge in [-0.1, -0.05) is 18.2 Å². The second kappa shape index (κ2) is 9.08. The largest absolute Gasteiger partial charge is 0.497 e. The summed E-state index contributed by atoms with van der Waals surface area (Å²) in [5, 5.41) is 1.19. The van der Waals surface area contributed by atoms with E-state index in [0.29, 0.717) is 13.2 Å². The average molecular weight is 450 g/mol. The van der Waals surface area contributed by atoms with Gasteiger partial charge >= 0.3 is 0 Å². The number of fused-ring (bicyclic) bond motifs is 4. The van der Waals surface area contributed by atoms with Gasteiger partial charge in [-0.15, -0.1) is 0 Å². The first-order valence-corrected chi connectivity index (χ1v) is 11.5. The van der Waals surface area contributed by atoms with Crippen molar-refractivity contribution in [2.75, 3.05) is 53.6 Å². The highest BCUT2D eigenvalue weighted by Gasteiger charge is 2.50. The Labute approximate surface area is 194 Å². The third kappa shape index (κ3) is 3.96. The lowest BCUT2D eigenvalue weighted by Gasteiger charge is -2.44. The number of likely N-dealkylation sites (tertiary alicyclic amines) is 1. The highest BCUT2D eigenvalue weighted by Crippen LogP contribution is 2.45. The van der Waals surface area contributed by atoms with E-state index in [4.69, 9.17) is 14.2 Å². The molecule has 2 aromatic carbocycles. The van der Waals surface area contributed by atoms with Crippen LogP contribution in [0.15, 0.2) is 48.5 Å². The molecule has 3 heterocycles. The Morgan fingerprint density at radius 1 is 1.09 bits per heavy atom. The summed E-state index contributed by atoms with van der Waals surface area (Å²) in [4.78, 5) is 21.2. The van der Waals surface area contributed by atoms with Gasteiger partial charge in [0.1, 0.15) is 24.7 Å². The van der Waals surface area contributed by atoms with Gasteiger partial charge < -0.3 is 24.1 Å². The van der Waals surface area contributed by atoms with Crippen LogP contribution in [0.25, 0.3) is 10.9 Å². The number of hydrogen-bond acceptors (Lipinski definition) is 5. The maximum atomic E-state index is 13.1. The molecule has 0 aliphatic carbocycles. The quantitative estimate of drug-likeness (QED) is 0.600. The number of ether oxygens (including phenoxy) is 3. The van der Waals surface area contributed by atoms with Crippen LogP contribution in [-0.4, -0.2) is 74.3 Å². The molecule has 3 aromatic rings. The topological polar surface area (TPSA) is 67.0 Å². The molecule has 1 N–H and O–H groups in total. The molecule has 1 saturated heterocycles. The number of nitrogens with one attached hydrogen (secondary N) is 1. The Morgan fingerprint density at radius 2 is 1.94 bits per heavy atom. The minimum atomic E-state index is -0.387. The van der Waals surface area contributed by atoms with E-state index in [2.05, 4.69) is 22.0 Å². The fraction of sp³-hybridized carbons (Fsp3) is 0.423. The van der Waals surface area contributed by atoms with E-state index in [1.165, 1.54) is 10.9 Å². The lowest BCUT2D eigenvalue weighted by atomic mass is 9.83. The van der Waals surface area contributed by atoms with Crippen LogP contribution in [0.4, 0.5) is 0 Å². The maximum Gasteiger partial charge on any atom is 0.249 e. The fourth-order valence-electron chi connectivity index (χ4n) is 5.44. The monoisotopic (exact) mass is 449 g/mol. The van der Waals surface area contributed by atoms with Crippen LogP contribution >= 0.6 is 0 Å². The van der Waals surface area contributed by atoms with E-state index >= 15 is 0 Å². The SMILES string of the molecule is COCC(=O)N1CCc2c([nH]c3ccc(OC)cc23)C12CCN(CCOc1ccccc1)C2. The molecule has 1 spiro atoms. The summed E-state index contributed by atoms with van der Waals surface area (Å²) in [6.45, 7) is 3.90. The Hall–Kier alpha value is -3.03. The van der Waals surface area contributed by atoms with E-state index in [1.807, 2.05) is 41.3 Å². The summed E-state index contributed by atoms with van der Waals surface area (Å²) in [6, 6.07) is 16.0. The zero-order chi connectivity index (χ0) is 22.8. The van der Waals surface area contributed by atoms with Crippen LogP contribution in [0.2, 0.25) is 0 Å².